The van der Waals surface area contributed by atoms with Crippen LogP contribution >= 0.6 is 11.9 Å². The number of sulfonamides is 1. The minimum atomic E-state index is -3.72. The van der Waals surface area contributed by atoms with Crippen LogP contribution < -0.4 is 5.14 Å². The molecule has 0 amide bonds. The first kappa shape index (κ1) is 11.2. The second-order valence-corrected chi connectivity index (χ2v) is 5.58. The van der Waals surface area contributed by atoms with Crippen LogP contribution in [0.1, 0.15) is 5.69 Å². The van der Waals surface area contributed by atoms with Gasteiger partial charge in [0.25, 0.3) is 10.0 Å². The Balaban J connectivity index is 2.33. The van der Waals surface area contributed by atoms with Gasteiger partial charge >= 0.3 is 0 Å². The molecule has 8 heteroatoms. The van der Waals surface area contributed by atoms with Crippen molar-refractivity contribution >= 4 is 22.0 Å². The van der Waals surface area contributed by atoms with Gasteiger partial charge in [-0.05, 0) is 19.1 Å². The summed E-state index contributed by atoms with van der Waals surface area (Å²) >= 11 is 1.10. The smallest absolute Gasteiger partial charge is 0.254 e. The molecule has 2 heterocycles. The van der Waals surface area contributed by atoms with Gasteiger partial charge in [-0.1, -0.05) is 5.16 Å². The van der Waals surface area contributed by atoms with Crippen molar-refractivity contribution in [1.29, 1.82) is 0 Å². The van der Waals surface area contributed by atoms with Crippen molar-refractivity contribution in [3.63, 3.8) is 0 Å². The lowest BCUT2D eigenvalue weighted by atomic mass is 10.5. The number of nitrogens with two attached hydrogens (primary N) is 1. The van der Waals surface area contributed by atoms with Crippen LogP contribution in [0.25, 0.3) is 0 Å². The molecule has 2 rings (SSSR count). The predicted molar refractivity (Wildman–Crippen MR) is 58.3 cm³/mol. The van der Waals surface area contributed by atoms with E-state index in [4.69, 9.17) is 9.66 Å². The maximum atomic E-state index is 11.2. The van der Waals surface area contributed by atoms with Crippen molar-refractivity contribution in [2.45, 2.75) is 17.0 Å². The number of primary sulfonamides is 1. The van der Waals surface area contributed by atoms with E-state index in [0.29, 0.717) is 5.09 Å². The highest BCUT2D eigenvalue weighted by molar-refractivity contribution is 7.98. The van der Waals surface area contributed by atoms with Gasteiger partial charge in [-0.2, -0.15) is 0 Å². The summed E-state index contributed by atoms with van der Waals surface area (Å²) in [4.78, 5) is 0. The average Bonchev–Trinajstić information content (AvgIpc) is 2.74. The molecule has 0 atom stereocenters. The third-order valence-corrected chi connectivity index (χ3v) is 3.68. The van der Waals surface area contributed by atoms with Crippen LogP contribution in [0.3, 0.4) is 0 Å². The van der Waals surface area contributed by atoms with E-state index in [-0.39, 0.29) is 5.03 Å². The third kappa shape index (κ3) is 2.29. The zero-order chi connectivity index (χ0) is 11.8. The Kier molecular flexibility index (Phi) is 2.78. The molecule has 0 saturated carbocycles. The fraction of sp³-hybridized carbons (Fsp3) is 0.125. The zero-order valence-electron chi connectivity index (χ0n) is 8.32. The van der Waals surface area contributed by atoms with E-state index < -0.39 is 10.0 Å². The third-order valence-electron chi connectivity index (χ3n) is 1.76. The van der Waals surface area contributed by atoms with Crippen molar-refractivity contribution in [1.82, 2.24) is 9.13 Å². The highest BCUT2D eigenvalue weighted by Crippen LogP contribution is 2.24. The maximum absolute atomic E-state index is 11.2. The van der Waals surface area contributed by atoms with E-state index in [2.05, 4.69) is 5.16 Å². The lowest BCUT2D eigenvalue weighted by molar-refractivity contribution is 0.346. The van der Waals surface area contributed by atoms with Crippen LogP contribution in [-0.4, -0.2) is 17.5 Å². The van der Waals surface area contributed by atoms with Crippen LogP contribution in [0.15, 0.2) is 39.0 Å². The molecule has 16 heavy (non-hydrogen) atoms. The topological polar surface area (TPSA) is 91.1 Å². The standard InChI is InChI=1S/C8H9N3O3S2/c1-6-5-8(14-10-6)15-11-4-2-3-7(11)16(9,12)13/h2-5H,1H3,(H2,9,12,13). The average molecular weight is 259 g/mol. The van der Waals surface area contributed by atoms with Gasteiger partial charge < -0.3 is 4.52 Å². The lowest BCUT2D eigenvalue weighted by Crippen LogP contribution is -2.14. The minimum absolute atomic E-state index is 0.0200. The molecule has 2 aromatic rings. The largest absolute Gasteiger partial charge is 0.348 e. The van der Waals surface area contributed by atoms with Crippen molar-refractivity contribution in [3.8, 4) is 0 Å². The summed E-state index contributed by atoms with van der Waals surface area (Å²) in [6.07, 6.45) is 1.59. The first-order chi connectivity index (χ1) is 7.47. The summed E-state index contributed by atoms with van der Waals surface area (Å²) in [7, 11) is -3.72. The summed E-state index contributed by atoms with van der Waals surface area (Å²) < 4.78 is 28.8. The van der Waals surface area contributed by atoms with Crippen LogP contribution in [0.4, 0.5) is 0 Å². The monoisotopic (exact) mass is 259 g/mol. The molecule has 0 aromatic carbocycles. The van der Waals surface area contributed by atoms with E-state index in [1.165, 1.54) is 10.0 Å². The van der Waals surface area contributed by atoms with Gasteiger partial charge in [0.1, 0.15) is 0 Å². The summed E-state index contributed by atoms with van der Waals surface area (Å²) in [5.41, 5.74) is 0.729. The molecule has 0 fully saturated rings. The zero-order valence-corrected chi connectivity index (χ0v) is 9.96. The molecule has 0 aliphatic carbocycles. The highest BCUT2D eigenvalue weighted by atomic mass is 32.2. The molecule has 2 N–H and O–H groups in total. The van der Waals surface area contributed by atoms with Crippen molar-refractivity contribution in [3.05, 3.63) is 30.1 Å². The number of nitrogens with zero attached hydrogens (tertiary/aromatic N) is 2. The fourth-order valence-corrected chi connectivity index (χ4v) is 2.90. The first-order valence-electron chi connectivity index (χ1n) is 4.28. The minimum Gasteiger partial charge on any atom is -0.348 e. The van der Waals surface area contributed by atoms with Crippen LogP contribution in [0, 0.1) is 6.92 Å². The second kappa shape index (κ2) is 3.96. The second-order valence-electron chi connectivity index (χ2n) is 3.10. The number of aromatic nitrogens is 2. The number of hydrogen-bond acceptors (Lipinski definition) is 5. The summed E-state index contributed by atoms with van der Waals surface area (Å²) in [6, 6.07) is 4.72. The van der Waals surface area contributed by atoms with Gasteiger partial charge in [0.05, 0.1) is 5.69 Å². The molecule has 86 valence electrons. The van der Waals surface area contributed by atoms with Gasteiger partial charge in [-0.3, -0.25) is 3.97 Å². The van der Waals surface area contributed by atoms with E-state index in [9.17, 15) is 8.42 Å². The summed E-state index contributed by atoms with van der Waals surface area (Å²) in [6.45, 7) is 1.78. The van der Waals surface area contributed by atoms with Gasteiger partial charge in [-0.15, -0.1) is 0 Å². The highest BCUT2D eigenvalue weighted by Gasteiger charge is 2.15. The molecule has 0 aliphatic rings. The normalized spacial score (nSPS) is 11.9. The molecule has 0 bridgehead atoms. The molecule has 0 radical (unpaired) electrons. The maximum Gasteiger partial charge on any atom is 0.254 e. The first-order valence-corrected chi connectivity index (χ1v) is 6.60. The predicted octanol–water partition coefficient (Wildman–Crippen LogP) is 0.987. The molecule has 0 unspecified atom stereocenters. The Morgan fingerprint density at radius 3 is 2.88 bits per heavy atom. The molecule has 0 aliphatic heterocycles. The molecule has 0 saturated heterocycles. The van der Waals surface area contributed by atoms with Gasteiger partial charge in [-0.25, -0.2) is 13.6 Å². The number of aryl methyl sites for hydroxylation is 1. The molecule has 0 spiro atoms. The molecule has 6 nitrogen and oxygen atoms in total. The van der Waals surface area contributed by atoms with Crippen molar-refractivity contribution in [2.24, 2.45) is 5.14 Å². The molecular weight excluding hydrogens is 250 g/mol. The van der Waals surface area contributed by atoms with Gasteiger partial charge in [0.2, 0.25) is 5.09 Å². The van der Waals surface area contributed by atoms with Crippen LogP contribution in [0.2, 0.25) is 0 Å². The van der Waals surface area contributed by atoms with E-state index in [0.717, 1.165) is 17.6 Å². The SMILES string of the molecule is Cc1cc(Sn2cccc2S(N)(=O)=O)on1. The van der Waals surface area contributed by atoms with Crippen LogP contribution in [0.5, 0.6) is 0 Å². The number of hydrogen-bond donors (Lipinski definition) is 1. The Labute approximate surface area is 96.6 Å². The Hall–Kier alpha value is -1.25. The lowest BCUT2D eigenvalue weighted by Gasteiger charge is -2.02. The Morgan fingerprint density at radius 2 is 2.31 bits per heavy atom. The Bertz CT molecular complexity index is 600. The summed E-state index contributed by atoms with van der Waals surface area (Å²) in [5, 5.41) is 9.27. The number of rotatable bonds is 3. The molecule has 2 aromatic heterocycles. The van der Waals surface area contributed by atoms with Crippen molar-refractivity contribution in [2.75, 3.05) is 0 Å². The van der Waals surface area contributed by atoms with E-state index in [1.807, 2.05) is 0 Å². The molecular formula is C8H9N3O3S2. The van der Waals surface area contributed by atoms with Gasteiger partial charge in [0.15, 0.2) is 5.03 Å². The van der Waals surface area contributed by atoms with Crippen molar-refractivity contribution < 1.29 is 12.9 Å². The quantitative estimate of drug-likeness (QED) is 0.887. The van der Waals surface area contributed by atoms with Crippen LogP contribution in [-0.2, 0) is 10.0 Å². The summed E-state index contributed by atoms with van der Waals surface area (Å²) in [5.74, 6) is 0. The fourth-order valence-electron chi connectivity index (χ4n) is 1.13. The Morgan fingerprint density at radius 1 is 1.56 bits per heavy atom. The van der Waals surface area contributed by atoms with E-state index in [1.54, 1.807) is 25.3 Å². The van der Waals surface area contributed by atoms with Gasteiger partial charge in [0, 0.05) is 24.2 Å². The van der Waals surface area contributed by atoms with E-state index >= 15 is 0 Å².